The molecule has 6 heteroatoms. The molecule has 0 aliphatic rings. The van der Waals surface area contributed by atoms with E-state index in [0.29, 0.717) is 24.7 Å². The highest BCUT2D eigenvalue weighted by atomic mass is 16.4. The minimum Gasteiger partial charge on any atom is -0.480 e. The molecular formula is C13H28N2O4. The van der Waals surface area contributed by atoms with Crippen molar-refractivity contribution in [2.24, 2.45) is 17.6 Å². The van der Waals surface area contributed by atoms with Crippen LogP contribution in [-0.4, -0.2) is 41.3 Å². The molecule has 0 heterocycles. The van der Waals surface area contributed by atoms with E-state index in [0.717, 1.165) is 0 Å². The molecule has 114 valence electrons. The largest absolute Gasteiger partial charge is 0.480 e. The van der Waals surface area contributed by atoms with E-state index in [2.05, 4.69) is 5.32 Å². The van der Waals surface area contributed by atoms with Gasteiger partial charge in [0.25, 0.3) is 0 Å². The van der Waals surface area contributed by atoms with E-state index in [1.54, 1.807) is 7.05 Å². The number of hydrogen-bond donors (Lipinski definition) is 4. The third kappa shape index (κ3) is 13.1. The van der Waals surface area contributed by atoms with E-state index in [4.69, 9.17) is 15.9 Å². The van der Waals surface area contributed by atoms with Crippen molar-refractivity contribution in [1.82, 2.24) is 5.32 Å². The van der Waals surface area contributed by atoms with Gasteiger partial charge >= 0.3 is 11.9 Å². The maximum Gasteiger partial charge on any atom is 0.320 e. The maximum atomic E-state index is 10.4. The van der Waals surface area contributed by atoms with Gasteiger partial charge < -0.3 is 21.3 Å². The fraction of sp³-hybridized carbons (Fsp3) is 0.846. The minimum absolute atomic E-state index is 0.357. The average Bonchev–Trinajstić information content (AvgIpc) is 2.25. The first kappa shape index (κ1) is 20.2. The molecule has 0 spiro atoms. The van der Waals surface area contributed by atoms with Crippen LogP contribution in [0, 0.1) is 11.8 Å². The summed E-state index contributed by atoms with van der Waals surface area (Å²) in [6.45, 7) is 7.91. The Morgan fingerprint density at radius 1 is 1.00 bits per heavy atom. The van der Waals surface area contributed by atoms with E-state index in [1.807, 2.05) is 27.7 Å². The fourth-order valence-corrected chi connectivity index (χ4v) is 1.42. The molecule has 0 fully saturated rings. The molecule has 0 aliphatic carbocycles. The third-order valence-electron chi connectivity index (χ3n) is 2.40. The second-order valence-electron chi connectivity index (χ2n) is 5.38. The molecule has 0 aliphatic heterocycles. The molecule has 5 N–H and O–H groups in total. The quantitative estimate of drug-likeness (QED) is 0.555. The first-order valence-electron chi connectivity index (χ1n) is 6.50. The zero-order valence-corrected chi connectivity index (χ0v) is 12.5. The molecule has 0 unspecified atom stereocenters. The Bertz CT molecular complexity index is 267. The summed E-state index contributed by atoms with van der Waals surface area (Å²) in [6.07, 6.45) is 1.24. The standard InChI is InChI=1S/C7H15NO2.C6H13NO2/c1-5(2)4-6(8-3)7(9)10;1-4(2)3-5(7)6(8)9/h5-6,8H,4H2,1-3H3,(H,9,10);4-5H,3,7H2,1-2H3,(H,8,9)/t6-;5-/m00/s1. The summed E-state index contributed by atoms with van der Waals surface area (Å²) in [5, 5.41) is 19.6. The van der Waals surface area contributed by atoms with E-state index in [9.17, 15) is 9.59 Å². The number of aliphatic carboxylic acids is 2. The van der Waals surface area contributed by atoms with Crippen molar-refractivity contribution in [2.45, 2.75) is 52.6 Å². The van der Waals surface area contributed by atoms with E-state index < -0.39 is 18.0 Å². The molecule has 0 amide bonds. The Morgan fingerprint density at radius 3 is 1.53 bits per heavy atom. The van der Waals surface area contributed by atoms with Gasteiger partial charge in [-0.25, -0.2) is 0 Å². The van der Waals surface area contributed by atoms with Crippen molar-refractivity contribution in [3.8, 4) is 0 Å². The van der Waals surface area contributed by atoms with Gasteiger partial charge in [-0.15, -0.1) is 0 Å². The van der Waals surface area contributed by atoms with Crippen LogP contribution in [0.25, 0.3) is 0 Å². The van der Waals surface area contributed by atoms with E-state index in [1.165, 1.54) is 0 Å². The van der Waals surface area contributed by atoms with Gasteiger partial charge in [0, 0.05) is 0 Å². The van der Waals surface area contributed by atoms with Gasteiger partial charge in [0.2, 0.25) is 0 Å². The zero-order valence-electron chi connectivity index (χ0n) is 12.5. The highest BCUT2D eigenvalue weighted by Crippen LogP contribution is 2.03. The molecule has 0 aromatic carbocycles. The van der Waals surface area contributed by atoms with Crippen molar-refractivity contribution in [3.05, 3.63) is 0 Å². The smallest absolute Gasteiger partial charge is 0.320 e. The summed E-state index contributed by atoms with van der Waals surface area (Å²) in [4.78, 5) is 20.5. The van der Waals surface area contributed by atoms with Crippen molar-refractivity contribution in [3.63, 3.8) is 0 Å². The summed E-state index contributed by atoms with van der Waals surface area (Å²) in [7, 11) is 1.67. The predicted octanol–water partition coefficient (Wildman–Crippen LogP) is 1.15. The summed E-state index contributed by atoms with van der Waals surface area (Å²) in [5.41, 5.74) is 5.22. The number of nitrogens with one attached hydrogen (secondary N) is 1. The highest BCUT2D eigenvalue weighted by Gasteiger charge is 2.15. The van der Waals surface area contributed by atoms with Crippen molar-refractivity contribution >= 4 is 11.9 Å². The van der Waals surface area contributed by atoms with Crippen LogP contribution in [-0.2, 0) is 9.59 Å². The first-order valence-corrected chi connectivity index (χ1v) is 6.50. The molecule has 0 aromatic rings. The molecular weight excluding hydrogens is 248 g/mol. The van der Waals surface area contributed by atoms with Crippen LogP contribution < -0.4 is 11.1 Å². The van der Waals surface area contributed by atoms with Gasteiger partial charge in [-0.2, -0.15) is 0 Å². The number of rotatable bonds is 7. The van der Waals surface area contributed by atoms with Crippen molar-refractivity contribution in [1.29, 1.82) is 0 Å². The molecule has 0 radical (unpaired) electrons. The minimum atomic E-state index is -0.913. The summed E-state index contributed by atoms with van der Waals surface area (Å²) in [5.74, 6) is -0.899. The SMILES string of the molecule is CC(C)C[C@H](N)C(=O)O.CN[C@@H](CC(C)C)C(=O)O. The van der Waals surface area contributed by atoms with Gasteiger partial charge in [-0.3, -0.25) is 9.59 Å². The van der Waals surface area contributed by atoms with Gasteiger partial charge in [-0.1, -0.05) is 27.7 Å². The molecule has 0 saturated heterocycles. The highest BCUT2D eigenvalue weighted by molar-refractivity contribution is 5.73. The third-order valence-corrected chi connectivity index (χ3v) is 2.40. The lowest BCUT2D eigenvalue weighted by Crippen LogP contribution is -2.34. The van der Waals surface area contributed by atoms with Gasteiger partial charge in [0.15, 0.2) is 0 Å². The number of likely N-dealkylation sites (N-methyl/N-ethyl adjacent to an activating group) is 1. The Hall–Kier alpha value is -1.14. The second kappa shape index (κ2) is 10.8. The normalized spacial score (nSPS) is 13.7. The maximum absolute atomic E-state index is 10.4. The molecule has 6 nitrogen and oxygen atoms in total. The molecule has 0 aromatic heterocycles. The van der Waals surface area contributed by atoms with Crippen LogP contribution in [0.15, 0.2) is 0 Å². The zero-order chi connectivity index (χ0) is 15.6. The van der Waals surface area contributed by atoms with Gasteiger partial charge in [-0.05, 0) is 31.7 Å². The van der Waals surface area contributed by atoms with Crippen LogP contribution in [0.5, 0.6) is 0 Å². The number of carbonyl (C=O) groups is 2. The van der Waals surface area contributed by atoms with Crippen LogP contribution in [0.3, 0.4) is 0 Å². The fourth-order valence-electron chi connectivity index (χ4n) is 1.42. The second-order valence-corrected chi connectivity index (χ2v) is 5.38. The van der Waals surface area contributed by atoms with Gasteiger partial charge in [0.1, 0.15) is 12.1 Å². The lowest BCUT2D eigenvalue weighted by Gasteiger charge is -2.12. The number of carboxylic acid groups (broad SMARTS) is 2. The monoisotopic (exact) mass is 276 g/mol. The van der Waals surface area contributed by atoms with Crippen molar-refractivity contribution < 1.29 is 19.8 Å². The summed E-state index contributed by atoms with van der Waals surface area (Å²) in [6, 6.07) is -1.08. The summed E-state index contributed by atoms with van der Waals surface area (Å²) >= 11 is 0. The molecule has 19 heavy (non-hydrogen) atoms. The molecule has 0 bridgehead atoms. The van der Waals surface area contributed by atoms with E-state index in [-0.39, 0.29) is 6.04 Å². The summed E-state index contributed by atoms with van der Waals surface area (Å²) < 4.78 is 0. The topological polar surface area (TPSA) is 113 Å². The molecule has 0 saturated carbocycles. The lowest BCUT2D eigenvalue weighted by atomic mass is 10.0. The lowest BCUT2D eigenvalue weighted by molar-refractivity contribution is -0.140. The number of hydrogen-bond acceptors (Lipinski definition) is 4. The Kier molecular flexibility index (Phi) is 11.4. The Labute approximate surface area is 115 Å². The average molecular weight is 276 g/mol. The predicted molar refractivity (Wildman–Crippen MR) is 75.0 cm³/mol. The Balaban J connectivity index is 0. The van der Waals surface area contributed by atoms with Crippen LogP contribution in [0.2, 0.25) is 0 Å². The Morgan fingerprint density at radius 2 is 1.42 bits per heavy atom. The van der Waals surface area contributed by atoms with Crippen LogP contribution >= 0.6 is 0 Å². The van der Waals surface area contributed by atoms with Crippen LogP contribution in [0.1, 0.15) is 40.5 Å². The van der Waals surface area contributed by atoms with E-state index >= 15 is 0 Å². The molecule has 2 atom stereocenters. The van der Waals surface area contributed by atoms with Gasteiger partial charge in [0.05, 0.1) is 0 Å². The van der Waals surface area contributed by atoms with Crippen LogP contribution in [0.4, 0.5) is 0 Å². The number of nitrogens with two attached hydrogens (primary N) is 1. The van der Waals surface area contributed by atoms with Crippen molar-refractivity contribution in [2.75, 3.05) is 7.05 Å². The molecule has 0 rings (SSSR count). The number of carboxylic acids is 2. The first-order chi connectivity index (χ1) is 8.61.